The third kappa shape index (κ3) is 7.57. The summed E-state index contributed by atoms with van der Waals surface area (Å²) in [6.45, 7) is 5.62. The first-order valence-corrected chi connectivity index (χ1v) is 15.1. The lowest BCUT2D eigenvalue weighted by Gasteiger charge is -2.20. The van der Waals surface area contributed by atoms with Crippen LogP contribution in [0, 0.1) is 0 Å². The minimum atomic E-state index is -4.59. The van der Waals surface area contributed by atoms with Crippen molar-refractivity contribution < 1.29 is 26.3 Å². The summed E-state index contributed by atoms with van der Waals surface area (Å²) >= 11 is 0. The molecule has 228 valence electrons. The Bertz CT molecular complexity index is 1880. The number of fused-ring (bicyclic) bond motifs is 1. The highest BCUT2D eigenvalue weighted by atomic mass is 32.2. The molecule has 44 heavy (non-hydrogen) atoms. The smallest absolute Gasteiger partial charge is 0.369 e. The van der Waals surface area contributed by atoms with E-state index in [2.05, 4.69) is 25.0 Å². The lowest BCUT2D eigenvalue weighted by atomic mass is 10.0. The van der Waals surface area contributed by atoms with Gasteiger partial charge in [0.05, 0.1) is 28.3 Å². The van der Waals surface area contributed by atoms with Crippen molar-refractivity contribution in [2.75, 3.05) is 5.32 Å². The van der Waals surface area contributed by atoms with E-state index in [4.69, 9.17) is 4.74 Å². The molecule has 0 unspecified atom stereocenters. The van der Waals surface area contributed by atoms with Gasteiger partial charge in [0.25, 0.3) is 0 Å². The van der Waals surface area contributed by atoms with Crippen molar-refractivity contribution in [1.82, 2.24) is 19.7 Å². The van der Waals surface area contributed by atoms with Crippen LogP contribution in [0.5, 0.6) is 0 Å². The van der Waals surface area contributed by atoms with Crippen LogP contribution >= 0.6 is 0 Å². The highest BCUT2D eigenvalue weighted by molar-refractivity contribution is 7.89. The van der Waals surface area contributed by atoms with Crippen LogP contribution in [-0.2, 0) is 34.2 Å². The van der Waals surface area contributed by atoms with Crippen molar-refractivity contribution in [3.05, 3.63) is 108 Å². The molecule has 5 aromatic rings. The number of benzene rings is 3. The van der Waals surface area contributed by atoms with Gasteiger partial charge in [0.1, 0.15) is 12.4 Å². The maximum Gasteiger partial charge on any atom is 0.418 e. The monoisotopic (exact) mass is 621 g/mol. The zero-order chi connectivity index (χ0) is 31.5. The maximum absolute atomic E-state index is 13.7. The van der Waals surface area contributed by atoms with Crippen molar-refractivity contribution >= 4 is 32.4 Å². The van der Waals surface area contributed by atoms with E-state index in [1.165, 1.54) is 36.5 Å². The maximum atomic E-state index is 13.7. The highest BCUT2D eigenvalue weighted by Crippen LogP contribution is 2.37. The van der Waals surface area contributed by atoms with Gasteiger partial charge >= 0.3 is 6.18 Å². The van der Waals surface area contributed by atoms with Gasteiger partial charge in [-0.25, -0.2) is 23.1 Å². The molecule has 2 heterocycles. The van der Waals surface area contributed by atoms with Crippen LogP contribution in [0.4, 0.5) is 24.7 Å². The largest absolute Gasteiger partial charge is 0.418 e. The van der Waals surface area contributed by atoms with Crippen LogP contribution in [-0.4, -0.2) is 28.9 Å². The van der Waals surface area contributed by atoms with Crippen LogP contribution in [0.3, 0.4) is 0 Å². The summed E-state index contributed by atoms with van der Waals surface area (Å²) in [4.78, 5) is 13.3. The van der Waals surface area contributed by atoms with Crippen molar-refractivity contribution in [3.8, 4) is 11.3 Å². The fourth-order valence-electron chi connectivity index (χ4n) is 4.50. The van der Waals surface area contributed by atoms with Gasteiger partial charge in [-0.05, 0) is 74.9 Å². The van der Waals surface area contributed by atoms with E-state index < -0.39 is 27.3 Å². The van der Waals surface area contributed by atoms with E-state index in [9.17, 15) is 21.6 Å². The first-order valence-electron chi connectivity index (χ1n) is 13.6. The van der Waals surface area contributed by atoms with E-state index in [-0.39, 0.29) is 22.8 Å². The summed E-state index contributed by atoms with van der Waals surface area (Å²) in [5.41, 5.74) is 0.414. The Morgan fingerprint density at radius 3 is 2.25 bits per heavy atom. The molecule has 12 heteroatoms. The minimum Gasteiger partial charge on any atom is -0.369 e. The third-order valence-electron chi connectivity index (χ3n) is 6.34. The first-order chi connectivity index (χ1) is 20.8. The summed E-state index contributed by atoms with van der Waals surface area (Å²) in [5, 5.41) is 3.74. The van der Waals surface area contributed by atoms with Gasteiger partial charge in [0.15, 0.2) is 5.82 Å². The van der Waals surface area contributed by atoms with Gasteiger partial charge in [-0.2, -0.15) is 13.2 Å². The number of sulfonamides is 1. The molecule has 0 atom stereocenters. The lowest BCUT2D eigenvalue weighted by Crippen LogP contribution is -2.40. The topological polar surface area (TPSA) is 106 Å². The molecule has 0 aliphatic rings. The Kier molecular flexibility index (Phi) is 8.69. The predicted molar refractivity (Wildman–Crippen MR) is 163 cm³/mol. The standard InChI is InChI=1S/C32H30F3N5O3S/c1-31(2,3)40-44(41,42)24-14-12-23(13-15-24)37-30-25-16-11-22(29-26(32(33,34)35)10-7-17-36-29)18-27(25)38-28(39-30)20-43-19-21-8-5-4-6-9-21/h4-18,40H,19-20H2,1-3H3,(H,37,38,39). The zero-order valence-electron chi connectivity index (χ0n) is 24.2. The average molecular weight is 622 g/mol. The van der Waals surface area contributed by atoms with Crippen LogP contribution in [0.2, 0.25) is 0 Å². The summed E-state index contributed by atoms with van der Waals surface area (Å²) in [5.74, 6) is 0.680. The van der Waals surface area contributed by atoms with Gasteiger partial charge in [0, 0.05) is 28.4 Å². The number of halogens is 3. The summed E-state index contributed by atoms with van der Waals surface area (Å²) in [6, 6.07) is 22.6. The van der Waals surface area contributed by atoms with Crippen molar-refractivity contribution in [2.24, 2.45) is 0 Å². The molecule has 0 fully saturated rings. The molecular formula is C32H30F3N5O3S. The van der Waals surface area contributed by atoms with Gasteiger partial charge in [-0.1, -0.05) is 36.4 Å². The van der Waals surface area contributed by atoms with Crippen molar-refractivity contribution in [1.29, 1.82) is 0 Å². The fraction of sp³-hybridized carbons (Fsp3) is 0.219. The number of alkyl halides is 3. The molecule has 0 spiro atoms. The summed E-state index contributed by atoms with van der Waals surface area (Å²) in [7, 11) is -3.73. The number of anilines is 2. The quantitative estimate of drug-likeness (QED) is 0.179. The fourth-order valence-corrected chi connectivity index (χ4v) is 5.92. The van der Waals surface area contributed by atoms with Crippen LogP contribution in [0.1, 0.15) is 37.7 Å². The average Bonchev–Trinajstić information content (AvgIpc) is 2.96. The van der Waals surface area contributed by atoms with Crippen molar-refractivity contribution in [2.45, 2.75) is 50.6 Å². The van der Waals surface area contributed by atoms with Gasteiger partial charge in [-0.15, -0.1) is 0 Å². The Labute approximate surface area is 253 Å². The normalized spacial score (nSPS) is 12.4. The van der Waals surface area contributed by atoms with E-state index in [1.54, 1.807) is 39.0 Å². The second-order valence-electron chi connectivity index (χ2n) is 11.1. The molecule has 3 aromatic carbocycles. The molecule has 0 saturated carbocycles. The van der Waals surface area contributed by atoms with Crippen molar-refractivity contribution in [3.63, 3.8) is 0 Å². The lowest BCUT2D eigenvalue weighted by molar-refractivity contribution is -0.137. The predicted octanol–water partition coefficient (Wildman–Crippen LogP) is 7.25. The molecule has 0 aliphatic carbocycles. The second-order valence-corrected chi connectivity index (χ2v) is 12.8. The number of hydrogen-bond donors (Lipinski definition) is 2. The molecule has 2 aromatic heterocycles. The second kappa shape index (κ2) is 12.3. The number of aromatic nitrogens is 3. The molecule has 0 radical (unpaired) electrons. The van der Waals surface area contributed by atoms with E-state index in [0.29, 0.717) is 34.8 Å². The number of nitrogens with zero attached hydrogens (tertiary/aromatic N) is 3. The molecule has 2 N–H and O–H groups in total. The van der Waals surface area contributed by atoms with Crippen LogP contribution in [0.15, 0.2) is 96.0 Å². The highest BCUT2D eigenvalue weighted by Gasteiger charge is 2.34. The van der Waals surface area contributed by atoms with E-state index in [1.807, 2.05) is 30.3 Å². The Morgan fingerprint density at radius 2 is 1.57 bits per heavy atom. The first kappa shape index (κ1) is 31.0. The molecule has 5 rings (SSSR count). The van der Waals surface area contributed by atoms with E-state index in [0.717, 1.165) is 11.6 Å². The summed E-state index contributed by atoms with van der Waals surface area (Å²) < 4.78 is 75.2. The number of pyridine rings is 1. The molecule has 0 bridgehead atoms. The Hall–Kier alpha value is -4.39. The number of ether oxygens (including phenoxy) is 1. The molecule has 0 amide bonds. The number of nitrogens with one attached hydrogen (secondary N) is 2. The van der Waals surface area contributed by atoms with Gasteiger partial charge < -0.3 is 10.1 Å². The number of hydrogen-bond acceptors (Lipinski definition) is 7. The third-order valence-corrected chi connectivity index (χ3v) is 8.11. The van der Waals surface area contributed by atoms with E-state index >= 15 is 0 Å². The molecule has 0 aliphatic heterocycles. The Balaban J connectivity index is 1.50. The summed E-state index contributed by atoms with van der Waals surface area (Å²) in [6.07, 6.45) is -3.28. The van der Waals surface area contributed by atoms with Crippen LogP contribution < -0.4 is 10.0 Å². The Morgan fingerprint density at radius 1 is 0.841 bits per heavy atom. The van der Waals surface area contributed by atoms with Gasteiger partial charge in [0.2, 0.25) is 10.0 Å². The molecule has 0 saturated heterocycles. The minimum absolute atomic E-state index is 0.0385. The zero-order valence-corrected chi connectivity index (χ0v) is 25.0. The van der Waals surface area contributed by atoms with Crippen LogP contribution in [0.25, 0.3) is 22.2 Å². The molecule has 8 nitrogen and oxygen atoms in total. The van der Waals surface area contributed by atoms with Gasteiger partial charge in [-0.3, -0.25) is 4.98 Å². The number of rotatable bonds is 9. The SMILES string of the molecule is CC(C)(C)NS(=O)(=O)c1ccc(Nc2nc(COCc3ccccc3)nc3cc(-c4ncccc4C(F)(F)F)ccc23)cc1. The molecular weight excluding hydrogens is 591 g/mol.